The van der Waals surface area contributed by atoms with Crippen molar-refractivity contribution in [3.63, 3.8) is 0 Å². The van der Waals surface area contributed by atoms with E-state index in [-0.39, 0.29) is 5.82 Å². The largest absolute Gasteiger partial charge is 0.497 e. The Morgan fingerprint density at radius 2 is 1.87 bits per heavy atom. The van der Waals surface area contributed by atoms with Crippen LogP contribution in [0.5, 0.6) is 5.75 Å². The van der Waals surface area contributed by atoms with E-state index in [1.165, 1.54) is 11.6 Å². The molecule has 5 heteroatoms. The van der Waals surface area contributed by atoms with Crippen LogP contribution in [0.2, 0.25) is 0 Å². The Balaban J connectivity index is 1.47. The molecule has 2 N–H and O–H groups in total. The molecule has 0 bridgehead atoms. The molecule has 0 atom stereocenters. The number of aromatic amines is 1. The number of halogens is 1. The van der Waals surface area contributed by atoms with Crippen LogP contribution < -0.4 is 10.1 Å². The smallest absolute Gasteiger partial charge is 0.148 e. The molecule has 4 nitrogen and oxygen atoms in total. The predicted octanol–water partition coefficient (Wildman–Crippen LogP) is 3.09. The van der Waals surface area contributed by atoms with Crippen LogP contribution in [0, 0.1) is 5.82 Å². The normalized spacial score (nSPS) is 11.0. The molecule has 2 aromatic carbocycles. The van der Waals surface area contributed by atoms with Crippen LogP contribution in [0.15, 0.2) is 42.6 Å². The van der Waals surface area contributed by atoms with E-state index in [0.717, 1.165) is 42.6 Å². The summed E-state index contributed by atoms with van der Waals surface area (Å²) in [4.78, 5) is 0. The summed E-state index contributed by atoms with van der Waals surface area (Å²) < 4.78 is 18.7. The number of H-pyrrole nitrogens is 1. The van der Waals surface area contributed by atoms with Gasteiger partial charge in [-0.25, -0.2) is 4.39 Å². The van der Waals surface area contributed by atoms with Crippen molar-refractivity contribution in [2.45, 2.75) is 12.8 Å². The molecular weight excluding hydrogens is 293 g/mol. The van der Waals surface area contributed by atoms with Gasteiger partial charge >= 0.3 is 0 Å². The zero-order chi connectivity index (χ0) is 16.1. The first kappa shape index (κ1) is 15.5. The molecule has 1 heterocycles. The second kappa shape index (κ2) is 7.24. The van der Waals surface area contributed by atoms with E-state index in [1.54, 1.807) is 13.3 Å². The number of nitrogens with one attached hydrogen (secondary N) is 2. The van der Waals surface area contributed by atoms with Crippen molar-refractivity contribution in [1.29, 1.82) is 0 Å². The van der Waals surface area contributed by atoms with Crippen molar-refractivity contribution in [2.24, 2.45) is 0 Å². The number of methoxy groups -OCH3 is 1. The second-order valence-electron chi connectivity index (χ2n) is 5.46. The van der Waals surface area contributed by atoms with Gasteiger partial charge in [-0.3, -0.25) is 5.10 Å². The maximum Gasteiger partial charge on any atom is 0.148 e. The minimum Gasteiger partial charge on any atom is -0.497 e. The van der Waals surface area contributed by atoms with Crippen LogP contribution in [-0.2, 0) is 12.8 Å². The summed E-state index contributed by atoms with van der Waals surface area (Å²) in [5.41, 5.74) is 2.87. The lowest BCUT2D eigenvalue weighted by Crippen LogP contribution is -2.20. The SMILES string of the molecule is COc1ccc(CCNCCc2ccc(F)c3[nH]ncc23)cc1. The summed E-state index contributed by atoms with van der Waals surface area (Å²) in [7, 11) is 1.67. The van der Waals surface area contributed by atoms with Crippen molar-refractivity contribution >= 4 is 10.9 Å². The Morgan fingerprint density at radius 1 is 1.09 bits per heavy atom. The molecule has 1 aromatic heterocycles. The Hall–Kier alpha value is -2.40. The zero-order valence-corrected chi connectivity index (χ0v) is 13.1. The first-order chi connectivity index (χ1) is 11.3. The van der Waals surface area contributed by atoms with Gasteiger partial charge in [0.25, 0.3) is 0 Å². The number of nitrogens with zero attached hydrogens (tertiary/aromatic N) is 1. The molecule has 0 fully saturated rings. The molecule has 0 spiro atoms. The van der Waals surface area contributed by atoms with Crippen LogP contribution >= 0.6 is 0 Å². The predicted molar refractivity (Wildman–Crippen MR) is 89.3 cm³/mol. The fourth-order valence-electron chi connectivity index (χ4n) is 2.65. The summed E-state index contributed by atoms with van der Waals surface area (Å²) in [6.07, 6.45) is 3.50. The lowest BCUT2D eigenvalue weighted by Gasteiger charge is -2.07. The summed E-state index contributed by atoms with van der Waals surface area (Å²) in [5.74, 6) is 0.621. The molecule has 23 heavy (non-hydrogen) atoms. The first-order valence-electron chi connectivity index (χ1n) is 7.72. The van der Waals surface area contributed by atoms with Crippen molar-refractivity contribution in [2.75, 3.05) is 20.2 Å². The maximum atomic E-state index is 13.6. The summed E-state index contributed by atoms with van der Waals surface area (Å²) in [6.45, 7) is 1.75. The third kappa shape index (κ3) is 3.68. The minimum absolute atomic E-state index is 0.256. The highest BCUT2D eigenvalue weighted by Gasteiger charge is 2.07. The average Bonchev–Trinajstić information content (AvgIpc) is 3.08. The Kier molecular flexibility index (Phi) is 4.88. The molecule has 0 aliphatic carbocycles. The average molecular weight is 313 g/mol. The fourth-order valence-corrected chi connectivity index (χ4v) is 2.65. The first-order valence-corrected chi connectivity index (χ1v) is 7.72. The highest BCUT2D eigenvalue weighted by Crippen LogP contribution is 2.19. The van der Waals surface area contributed by atoms with Crippen LogP contribution in [-0.4, -0.2) is 30.4 Å². The van der Waals surface area contributed by atoms with Crippen LogP contribution in [0.1, 0.15) is 11.1 Å². The number of ether oxygens (including phenoxy) is 1. The van der Waals surface area contributed by atoms with Gasteiger partial charge in [-0.15, -0.1) is 0 Å². The van der Waals surface area contributed by atoms with E-state index in [1.807, 2.05) is 18.2 Å². The molecule has 0 radical (unpaired) electrons. The fraction of sp³-hybridized carbons (Fsp3) is 0.278. The highest BCUT2D eigenvalue weighted by atomic mass is 19.1. The molecule has 0 aliphatic heterocycles. The summed E-state index contributed by atoms with van der Waals surface area (Å²) >= 11 is 0. The standard InChI is InChI=1S/C18H20FN3O/c1-23-15-5-2-13(3-6-15)8-10-20-11-9-14-4-7-17(19)18-16(14)12-21-22-18/h2-7,12,20H,8-11H2,1H3,(H,21,22). The van der Waals surface area contributed by atoms with Gasteiger partial charge in [-0.1, -0.05) is 18.2 Å². The monoisotopic (exact) mass is 313 g/mol. The lowest BCUT2D eigenvalue weighted by atomic mass is 10.1. The van der Waals surface area contributed by atoms with E-state index >= 15 is 0 Å². The molecular formula is C18H20FN3O. The summed E-state index contributed by atoms with van der Waals surface area (Å²) in [5, 5.41) is 10.9. The van der Waals surface area contributed by atoms with E-state index in [0.29, 0.717) is 5.52 Å². The van der Waals surface area contributed by atoms with Crippen LogP contribution in [0.4, 0.5) is 4.39 Å². The summed E-state index contributed by atoms with van der Waals surface area (Å²) in [6, 6.07) is 11.4. The number of rotatable bonds is 7. The van der Waals surface area contributed by atoms with Gasteiger partial charge in [0.15, 0.2) is 0 Å². The van der Waals surface area contributed by atoms with Gasteiger partial charge in [0.05, 0.1) is 13.3 Å². The Bertz CT molecular complexity index is 768. The van der Waals surface area contributed by atoms with E-state index in [2.05, 4.69) is 27.6 Å². The number of hydrogen-bond donors (Lipinski definition) is 2. The van der Waals surface area contributed by atoms with Gasteiger partial charge in [0.2, 0.25) is 0 Å². The van der Waals surface area contributed by atoms with Crippen molar-refractivity contribution in [1.82, 2.24) is 15.5 Å². The molecule has 120 valence electrons. The van der Waals surface area contributed by atoms with Gasteiger partial charge in [-0.2, -0.15) is 5.10 Å². The van der Waals surface area contributed by atoms with Crippen LogP contribution in [0.25, 0.3) is 10.9 Å². The number of benzene rings is 2. The number of hydrogen-bond acceptors (Lipinski definition) is 3. The molecule has 0 saturated carbocycles. The Labute approximate surface area is 134 Å². The third-order valence-corrected chi connectivity index (χ3v) is 3.98. The Morgan fingerprint density at radius 3 is 2.65 bits per heavy atom. The second-order valence-corrected chi connectivity index (χ2v) is 5.46. The number of fused-ring (bicyclic) bond motifs is 1. The molecule has 0 amide bonds. The zero-order valence-electron chi connectivity index (χ0n) is 13.1. The van der Waals surface area contributed by atoms with E-state index < -0.39 is 0 Å². The van der Waals surface area contributed by atoms with Gasteiger partial charge in [0, 0.05) is 5.39 Å². The van der Waals surface area contributed by atoms with Crippen molar-refractivity contribution in [3.05, 3.63) is 59.5 Å². The molecule has 0 saturated heterocycles. The van der Waals surface area contributed by atoms with Gasteiger partial charge < -0.3 is 10.1 Å². The van der Waals surface area contributed by atoms with E-state index in [4.69, 9.17) is 4.74 Å². The molecule has 0 unspecified atom stereocenters. The van der Waals surface area contributed by atoms with Crippen molar-refractivity contribution < 1.29 is 9.13 Å². The van der Waals surface area contributed by atoms with Crippen molar-refractivity contribution in [3.8, 4) is 5.75 Å². The maximum absolute atomic E-state index is 13.6. The molecule has 3 rings (SSSR count). The van der Waals surface area contributed by atoms with Gasteiger partial charge in [-0.05, 0) is 55.3 Å². The quantitative estimate of drug-likeness (QED) is 0.659. The number of aromatic nitrogens is 2. The topological polar surface area (TPSA) is 49.9 Å². The molecule has 3 aromatic rings. The van der Waals surface area contributed by atoms with E-state index in [9.17, 15) is 4.39 Å². The molecule has 0 aliphatic rings. The minimum atomic E-state index is -0.256. The van der Waals surface area contributed by atoms with Crippen LogP contribution in [0.3, 0.4) is 0 Å². The third-order valence-electron chi connectivity index (χ3n) is 3.98. The van der Waals surface area contributed by atoms with Gasteiger partial charge in [0.1, 0.15) is 17.1 Å². The highest BCUT2D eigenvalue weighted by molar-refractivity contribution is 5.82. The lowest BCUT2D eigenvalue weighted by molar-refractivity contribution is 0.414.